The molecule has 0 bridgehead atoms. The first-order valence-corrected chi connectivity index (χ1v) is 6.90. The van der Waals surface area contributed by atoms with Crippen molar-refractivity contribution < 1.29 is 9.52 Å². The third-order valence-electron chi connectivity index (χ3n) is 3.76. The van der Waals surface area contributed by atoms with Gasteiger partial charge in [0.05, 0.1) is 5.71 Å². The van der Waals surface area contributed by atoms with Crippen LogP contribution in [-0.2, 0) is 0 Å². The first kappa shape index (κ1) is 12.0. The minimum absolute atomic E-state index is 0.00649. The van der Waals surface area contributed by atoms with Crippen LogP contribution < -0.4 is 5.43 Å². The first-order valence-electron chi connectivity index (χ1n) is 6.90. The number of furan rings is 1. The average molecular weight is 278 g/mol. The molecule has 0 radical (unpaired) electrons. The number of aromatic hydroxyl groups is 1. The van der Waals surface area contributed by atoms with Crippen molar-refractivity contribution in [2.45, 2.75) is 12.5 Å². The Morgan fingerprint density at radius 3 is 2.76 bits per heavy atom. The molecule has 0 fully saturated rings. The van der Waals surface area contributed by atoms with Crippen LogP contribution in [0.4, 0.5) is 0 Å². The number of hydrogen-bond donors (Lipinski definition) is 2. The van der Waals surface area contributed by atoms with E-state index in [1.54, 1.807) is 12.1 Å². The molecule has 1 aliphatic heterocycles. The van der Waals surface area contributed by atoms with Gasteiger partial charge in [0.1, 0.15) is 23.1 Å². The summed E-state index contributed by atoms with van der Waals surface area (Å²) in [6, 6.07) is 17.2. The smallest absolute Gasteiger partial charge is 0.134 e. The first-order chi connectivity index (χ1) is 10.3. The van der Waals surface area contributed by atoms with Gasteiger partial charge in [0.2, 0.25) is 0 Å². The Labute approximate surface area is 121 Å². The van der Waals surface area contributed by atoms with Crippen LogP contribution in [0.15, 0.2) is 64.1 Å². The van der Waals surface area contributed by atoms with Crippen LogP contribution in [0.5, 0.6) is 5.75 Å². The SMILES string of the molecule is Oc1ccccc1C1=NN[C@H](c2cc3ccccc3o2)C1. The van der Waals surface area contributed by atoms with Crippen LogP contribution >= 0.6 is 0 Å². The molecule has 1 aromatic heterocycles. The quantitative estimate of drug-likeness (QED) is 0.753. The van der Waals surface area contributed by atoms with Gasteiger partial charge >= 0.3 is 0 Å². The molecule has 0 saturated heterocycles. The Morgan fingerprint density at radius 1 is 1.10 bits per heavy atom. The molecule has 2 N–H and O–H groups in total. The Hall–Kier alpha value is -2.75. The second-order valence-corrected chi connectivity index (χ2v) is 5.15. The summed E-state index contributed by atoms with van der Waals surface area (Å²) in [5, 5.41) is 15.3. The van der Waals surface area contributed by atoms with E-state index < -0.39 is 0 Å². The van der Waals surface area contributed by atoms with Gasteiger partial charge in [-0.15, -0.1) is 0 Å². The summed E-state index contributed by atoms with van der Waals surface area (Å²) in [6.07, 6.45) is 0.692. The van der Waals surface area contributed by atoms with Crippen molar-refractivity contribution in [3.63, 3.8) is 0 Å². The monoisotopic (exact) mass is 278 g/mol. The molecule has 4 heteroatoms. The molecule has 2 heterocycles. The molecule has 4 rings (SSSR count). The third-order valence-corrected chi connectivity index (χ3v) is 3.76. The predicted molar refractivity (Wildman–Crippen MR) is 81.4 cm³/mol. The highest BCUT2D eigenvalue weighted by atomic mass is 16.3. The number of phenolic OH excluding ortho intramolecular Hbond substituents is 1. The summed E-state index contributed by atoms with van der Waals surface area (Å²) in [5.41, 5.74) is 5.59. The highest BCUT2D eigenvalue weighted by Gasteiger charge is 2.25. The molecular formula is C17H14N2O2. The third kappa shape index (κ3) is 2.05. The van der Waals surface area contributed by atoms with Gasteiger partial charge < -0.3 is 9.52 Å². The van der Waals surface area contributed by atoms with Crippen LogP contribution in [0, 0.1) is 0 Å². The molecule has 2 aromatic carbocycles. The second kappa shape index (κ2) is 4.66. The summed E-state index contributed by atoms with van der Waals surface area (Å²) in [5.74, 6) is 1.12. The van der Waals surface area contributed by atoms with Crippen molar-refractivity contribution in [1.29, 1.82) is 0 Å². The van der Waals surface area contributed by atoms with Crippen molar-refractivity contribution in [3.05, 3.63) is 65.9 Å². The number of para-hydroxylation sites is 2. The van der Waals surface area contributed by atoms with Gasteiger partial charge in [-0.2, -0.15) is 5.10 Å². The summed E-state index contributed by atoms with van der Waals surface area (Å²) in [7, 11) is 0. The Balaban J connectivity index is 1.62. The molecule has 21 heavy (non-hydrogen) atoms. The molecule has 3 aromatic rings. The molecule has 0 amide bonds. The van der Waals surface area contributed by atoms with Gasteiger partial charge in [-0.25, -0.2) is 0 Å². The zero-order valence-corrected chi connectivity index (χ0v) is 11.3. The highest BCUT2D eigenvalue weighted by molar-refractivity contribution is 6.03. The van der Waals surface area contributed by atoms with Crippen LogP contribution in [0.25, 0.3) is 11.0 Å². The predicted octanol–water partition coefficient (Wildman–Crippen LogP) is 3.58. The summed E-state index contributed by atoms with van der Waals surface area (Å²) < 4.78 is 5.87. The van der Waals surface area contributed by atoms with Crippen molar-refractivity contribution >= 4 is 16.7 Å². The van der Waals surface area contributed by atoms with E-state index in [9.17, 15) is 5.11 Å². The van der Waals surface area contributed by atoms with Crippen molar-refractivity contribution in [3.8, 4) is 5.75 Å². The minimum Gasteiger partial charge on any atom is -0.507 e. The van der Waals surface area contributed by atoms with Gasteiger partial charge in [0, 0.05) is 17.4 Å². The Kier molecular flexibility index (Phi) is 2.67. The van der Waals surface area contributed by atoms with E-state index in [2.05, 4.69) is 10.5 Å². The lowest BCUT2D eigenvalue weighted by molar-refractivity contribution is 0.463. The van der Waals surface area contributed by atoms with Gasteiger partial charge in [0.15, 0.2) is 0 Å². The van der Waals surface area contributed by atoms with Crippen LogP contribution in [0.3, 0.4) is 0 Å². The molecule has 0 unspecified atom stereocenters. The summed E-state index contributed by atoms with van der Waals surface area (Å²) in [6.45, 7) is 0. The lowest BCUT2D eigenvalue weighted by atomic mass is 10.0. The molecule has 4 nitrogen and oxygen atoms in total. The average Bonchev–Trinajstić information content (AvgIpc) is 3.14. The van der Waals surface area contributed by atoms with Crippen LogP contribution in [0.1, 0.15) is 23.8 Å². The maximum absolute atomic E-state index is 9.91. The number of nitrogens with zero attached hydrogens (tertiary/aromatic N) is 1. The van der Waals surface area contributed by atoms with E-state index in [4.69, 9.17) is 4.42 Å². The van der Waals surface area contributed by atoms with Crippen molar-refractivity contribution in [1.82, 2.24) is 5.43 Å². The van der Waals surface area contributed by atoms with Gasteiger partial charge in [-0.3, -0.25) is 5.43 Å². The molecular weight excluding hydrogens is 264 g/mol. The number of rotatable bonds is 2. The van der Waals surface area contributed by atoms with Crippen LogP contribution in [-0.4, -0.2) is 10.8 Å². The number of fused-ring (bicyclic) bond motifs is 1. The number of hydrogen-bond acceptors (Lipinski definition) is 4. The largest absolute Gasteiger partial charge is 0.507 e. The van der Waals surface area contributed by atoms with Gasteiger partial charge in [-0.1, -0.05) is 30.3 Å². The number of phenols is 1. The number of nitrogens with one attached hydrogen (secondary N) is 1. The lowest BCUT2D eigenvalue weighted by Crippen LogP contribution is -2.08. The number of benzene rings is 2. The maximum atomic E-state index is 9.91. The number of hydrazone groups is 1. The fourth-order valence-electron chi connectivity index (χ4n) is 2.67. The van der Waals surface area contributed by atoms with E-state index in [1.165, 1.54) is 0 Å². The fourth-order valence-corrected chi connectivity index (χ4v) is 2.67. The Bertz CT molecular complexity index is 802. The standard InChI is InChI=1S/C17H14N2O2/c20-15-7-3-2-6-12(15)13-10-14(19-18-13)17-9-11-5-1-4-8-16(11)21-17/h1-9,14,19-20H,10H2/t14-/m0/s1. The van der Waals surface area contributed by atoms with Crippen LogP contribution in [0.2, 0.25) is 0 Å². The molecule has 104 valence electrons. The topological polar surface area (TPSA) is 57.8 Å². The molecule has 1 aliphatic rings. The molecule has 0 aliphatic carbocycles. The molecule has 0 saturated carbocycles. The maximum Gasteiger partial charge on any atom is 0.134 e. The van der Waals surface area contributed by atoms with Crippen molar-refractivity contribution in [2.75, 3.05) is 0 Å². The zero-order chi connectivity index (χ0) is 14.2. The summed E-state index contributed by atoms with van der Waals surface area (Å²) in [4.78, 5) is 0. The van der Waals surface area contributed by atoms with Gasteiger partial charge in [0.25, 0.3) is 0 Å². The zero-order valence-electron chi connectivity index (χ0n) is 11.3. The molecule has 0 spiro atoms. The minimum atomic E-state index is 0.00649. The van der Waals surface area contributed by atoms with E-state index in [0.29, 0.717) is 6.42 Å². The van der Waals surface area contributed by atoms with E-state index in [-0.39, 0.29) is 11.8 Å². The normalized spacial score (nSPS) is 17.7. The van der Waals surface area contributed by atoms with E-state index in [0.717, 1.165) is 28.0 Å². The van der Waals surface area contributed by atoms with Gasteiger partial charge in [-0.05, 0) is 24.3 Å². The lowest BCUT2D eigenvalue weighted by Gasteiger charge is -2.06. The summed E-state index contributed by atoms with van der Waals surface area (Å²) >= 11 is 0. The highest BCUT2D eigenvalue weighted by Crippen LogP contribution is 2.31. The fraction of sp³-hybridized carbons (Fsp3) is 0.118. The Morgan fingerprint density at radius 2 is 1.90 bits per heavy atom. The van der Waals surface area contributed by atoms with E-state index in [1.807, 2.05) is 42.5 Å². The molecule has 1 atom stereocenters. The van der Waals surface area contributed by atoms with Crippen molar-refractivity contribution in [2.24, 2.45) is 5.10 Å². The van der Waals surface area contributed by atoms with E-state index >= 15 is 0 Å². The second-order valence-electron chi connectivity index (χ2n) is 5.15.